The number of hydrogen-bond donors (Lipinski definition) is 5. The van der Waals surface area contributed by atoms with E-state index in [0.717, 1.165) is 12.8 Å². The summed E-state index contributed by atoms with van der Waals surface area (Å²) in [5, 5.41) is 20.0. The van der Waals surface area contributed by atoms with Crippen LogP contribution in [-0.2, 0) is 14.3 Å². The zero-order valence-electron chi connectivity index (χ0n) is 21.5. The lowest BCUT2D eigenvalue weighted by Gasteiger charge is -2.31. The number of unbranched alkanes of at least 4 members (excludes halogenated alkanes) is 1. The average Bonchev–Trinajstić information content (AvgIpc) is 2.88. The maximum Gasteiger partial charge on any atom is 0.316 e. The van der Waals surface area contributed by atoms with E-state index in [-0.39, 0.29) is 30.2 Å². The molecule has 0 radical (unpaired) electrons. The van der Waals surface area contributed by atoms with E-state index in [1.807, 2.05) is 6.92 Å². The molecule has 12 heteroatoms. The Kier molecular flexibility index (Phi) is 12.2. The molecule has 0 aromatic heterocycles. The first-order valence-corrected chi connectivity index (χ1v) is 12.6. The largest absolute Gasteiger partial charge is 0.462 e. The molecule has 1 aromatic rings. The molecular weight excluding hydrogens is 480 g/mol. The van der Waals surface area contributed by atoms with Gasteiger partial charge in [-0.25, -0.2) is 4.79 Å². The maximum atomic E-state index is 12.8. The summed E-state index contributed by atoms with van der Waals surface area (Å²) in [6.45, 7) is 4.96. The minimum absolute atomic E-state index is 0.0162. The third-order valence-electron chi connectivity index (χ3n) is 5.99. The van der Waals surface area contributed by atoms with Crippen molar-refractivity contribution in [1.82, 2.24) is 20.9 Å². The minimum Gasteiger partial charge on any atom is -0.462 e. The van der Waals surface area contributed by atoms with Gasteiger partial charge in [-0.05, 0) is 31.4 Å². The first kappa shape index (κ1) is 29.4. The highest BCUT2D eigenvalue weighted by Crippen LogP contribution is 2.16. The van der Waals surface area contributed by atoms with Crippen molar-refractivity contribution in [3.05, 3.63) is 35.4 Å². The fourth-order valence-corrected chi connectivity index (χ4v) is 3.93. The van der Waals surface area contributed by atoms with Crippen LogP contribution in [0.1, 0.15) is 74.7 Å². The van der Waals surface area contributed by atoms with Crippen molar-refractivity contribution in [2.75, 3.05) is 19.6 Å². The third kappa shape index (κ3) is 10.4. The van der Waals surface area contributed by atoms with Crippen molar-refractivity contribution in [2.24, 2.45) is 10.9 Å². The van der Waals surface area contributed by atoms with Gasteiger partial charge in [-0.15, -0.1) is 0 Å². The molecule has 204 valence electrons. The number of nitrogens with two attached hydrogens (primary N) is 1. The first-order valence-electron chi connectivity index (χ1n) is 12.6. The van der Waals surface area contributed by atoms with Crippen LogP contribution in [0.5, 0.6) is 0 Å². The van der Waals surface area contributed by atoms with Crippen LogP contribution in [0.4, 0.5) is 4.79 Å². The summed E-state index contributed by atoms with van der Waals surface area (Å²) in [6.07, 6.45) is 3.20. The number of rotatable bonds is 12. The number of ether oxygens (including phenoxy) is 1. The second kappa shape index (κ2) is 15.3. The van der Waals surface area contributed by atoms with Gasteiger partial charge >= 0.3 is 12.0 Å². The minimum atomic E-state index is -0.694. The normalized spacial score (nSPS) is 15.0. The van der Waals surface area contributed by atoms with Gasteiger partial charge in [-0.1, -0.05) is 30.6 Å². The molecule has 37 heavy (non-hydrogen) atoms. The number of amides is 4. The smallest absolute Gasteiger partial charge is 0.316 e. The molecule has 1 fully saturated rings. The van der Waals surface area contributed by atoms with Gasteiger partial charge in [0.05, 0.1) is 0 Å². The first-order chi connectivity index (χ1) is 17.7. The molecule has 0 spiro atoms. The van der Waals surface area contributed by atoms with Crippen LogP contribution >= 0.6 is 0 Å². The summed E-state index contributed by atoms with van der Waals surface area (Å²) in [4.78, 5) is 50.6. The Hall–Kier alpha value is -3.83. The van der Waals surface area contributed by atoms with Crippen LogP contribution in [0.3, 0.4) is 0 Å². The van der Waals surface area contributed by atoms with Crippen LogP contribution < -0.4 is 21.7 Å². The molecule has 12 nitrogen and oxygen atoms in total. The van der Waals surface area contributed by atoms with Crippen molar-refractivity contribution in [3.63, 3.8) is 0 Å². The van der Waals surface area contributed by atoms with Crippen LogP contribution in [-0.4, -0.2) is 71.7 Å². The summed E-state index contributed by atoms with van der Waals surface area (Å²) in [5.41, 5.74) is 6.35. The Labute approximate surface area is 217 Å². The molecule has 1 aliphatic heterocycles. The SMILES string of the molecule is CCCCNC(=O)NC(CCCC(=O)N1CCC(OC(C)=O)CC1)NC(=O)c1ccc(C(N)=NO)cc1. The highest BCUT2D eigenvalue weighted by atomic mass is 16.5. The fourth-order valence-electron chi connectivity index (χ4n) is 3.93. The molecule has 0 aliphatic carbocycles. The van der Waals surface area contributed by atoms with Crippen LogP contribution in [0.25, 0.3) is 0 Å². The maximum absolute atomic E-state index is 12.8. The van der Waals surface area contributed by atoms with Crippen LogP contribution in [0.15, 0.2) is 29.4 Å². The summed E-state index contributed by atoms with van der Waals surface area (Å²) in [7, 11) is 0. The van der Waals surface area contributed by atoms with Crippen LogP contribution in [0.2, 0.25) is 0 Å². The lowest BCUT2D eigenvalue weighted by molar-refractivity contribution is -0.149. The van der Waals surface area contributed by atoms with Gasteiger partial charge < -0.3 is 36.5 Å². The van der Waals surface area contributed by atoms with Crippen molar-refractivity contribution in [2.45, 2.75) is 71.1 Å². The number of nitrogens with one attached hydrogen (secondary N) is 3. The number of carbonyl (C=O) groups excluding carboxylic acids is 4. The molecule has 1 saturated heterocycles. The average molecular weight is 519 g/mol. The number of likely N-dealkylation sites (tertiary alicyclic amines) is 1. The fraction of sp³-hybridized carbons (Fsp3) is 0.560. The highest BCUT2D eigenvalue weighted by molar-refractivity contribution is 5.99. The van der Waals surface area contributed by atoms with E-state index in [9.17, 15) is 19.2 Å². The van der Waals surface area contributed by atoms with Gasteiger partial charge in [0.1, 0.15) is 12.3 Å². The van der Waals surface area contributed by atoms with Crippen molar-refractivity contribution < 1.29 is 29.1 Å². The number of amidine groups is 1. The zero-order chi connectivity index (χ0) is 27.2. The van der Waals surface area contributed by atoms with Crippen molar-refractivity contribution in [3.8, 4) is 0 Å². The molecule has 1 unspecified atom stereocenters. The summed E-state index contributed by atoms with van der Waals surface area (Å²) in [6, 6.07) is 5.76. The second-order valence-corrected chi connectivity index (χ2v) is 8.92. The summed E-state index contributed by atoms with van der Waals surface area (Å²) in [5.74, 6) is -0.819. The van der Waals surface area contributed by atoms with E-state index < -0.39 is 18.1 Å². The van der Waals surface area contributed by atoms with Gasteiger partial charge in [-0.2, -0.15) is 0 Å². The molecule has 2 rings (SSSR count). The lowest BCUT2D eigenvalue weighted by Crippen LogP contribution is -2.51. The third-order valence-corrected chi connectivity index (χ3v) is 5.99. The molecular formula is C25H38N6O6. The van der Waals surface area contributed by atoms with Gasteiger partial charge in [0, 0.05) is 56.9 Å². The van der Waals surface area contributed by atoms with Crippen molar-refractivity contribution >= 4 is 29.7 Å². The Morgan fingerprint density at radius 1 is 1.11 bits per heavy atom. The zero-order valence-corrected chi connectivity index (χ0v) is 21.5. The molecule has 1 aromatic carbocycles. The standard InChI is InChI=1S/C25H38N6O6/c1-3-4-14-27-25(35)29-21(28-24(34)19-10-8-18(9-11-19)23(26)30-36)6-5-7-22(33)31-15-12-20(13-16-31)37-17(2)32/h8-11,20-21,36H,3-7,12-16H2,1-2H3,(H2,26,30)(H,28,34)(H2,27,29,35). The number of oxime groups is 1. The second-order valence-electron chi connectivity index (χ2n) is 8.92. The molecule has 0 saturated carbocycles. The number of carbonyl (C=O) groups is 4. The van der Waals surface area contributed by atoms with Gasteiger partial charge in [-0.3, -0.25) is 14.4 Å². The molecule has 1 aliphatic rings. The molecule has 1 atom stereocenters. The Morgan fingerprint density at radius 3 is 2.35 bits per heavy atom. The summed E-state index contributed by atoms with van der Waals surface area (Å²) < 4.78 is 5.21. The predicted molar refractivity (Wildman–Crippen MR) is 137 cm³/mol. The molecule has 4 amide bonds. The molecule has 0 bridgehead atoms. The number of urea groups is 1. The topological polar surface area (TPSA) is 175 Å². The molecule has 1 heterocycles. The Balaban J connectivity index is 1.91. The quantitative estimate of drug-likeness (QED) is 0.0531. The van der Waals surface area contributed by atoms with Gasteiger partial charge in [0.15, 0.2) is 5.84 Å². The number of benzene rings is 1. The highest BCUT2D eigenvalue weighted by Gasteiger charge is 2.24. The number of nitrogens with zero attached hydrogens (tertiary/aromatic N) is 2. The van der Waals surface area contributed by atoms with Crippen molar-refractivity contribution in [1.29, 1.82) is 0 Å². The summed E-state index contributed by atoms with van der Waals surface area (Å²) >= 11 is 0. The van der Waals surface area contributed by atoms with E-state index in [4.69, 9.17) is 15.7 Å². The van der Waals surface area contributed by atoms with E-state index in [1.54, 1.807) is 17.0 Å². The van der Waals surface area contributed by atoms with E-state index in [0.29, 0.717) is 56.4 Å². The Morgan fingerprint density at radius 2 is 1.76 bits per heavy atom. The number of piperidine rings is 1. The molecule has 6 N–H and O–H groups in total. The number of hydrogen-bond acceptors (Lipinski definition) is 7. The monoisotopic (exact) mass is 518 g/mol. The predicted octanol–water partition coefficient (Wildman–Crippen LogP) is 1.66. The lowest BCUT2D eigenvalue weighted by atomic mass is 10.1. The van der Waals surface area contributed by atoms with E-state index >= 15 is 0 Å². The van der Waals surface area contributed by atoms with E-state index in [2.05, 4.69) is 21.1 Å². The van der Waals surface area contributed by atoms with Crippen LogP contribution in [0, 0.1) is 0 Å². The Bertz CT molecular complexity index is 943. The van der Waals surface area contributed by atoms with Gasteiger partial charge in [0.25, 0.3) is 5.91 Å². The van der Waals surface area contributed by atoms with E-state index in [1.165, 1.54) is 19.1 Å². The number of esters is 1. The van der Waals surface area contributed by atoms with Gasteiger partial charge in [0.2, 0.25) is 5.91 Å².